The molecule has 2 saturated heterocycles. The summed E-state index contributed by atoms with van der Waals surface area (Å²) in [5, 5.41) is 9.81. The van der Waals surface area contributed by atoms with Crippen LogP contribution in [0.4, 0.5) is 0 Å². The van der Waals surface area contributed by atoms with Crippen molar-refractivity contribution >= 4 is 5.91 Å². The lowest BCUT2D eigenvalue weighted by Gasteiger charge is -2.58. The van der Waals surface area contributed by atoms with Crippen molar-refractivity contribution in [2.24, 2.45) is 0 Å². The van der Waals surface area contributed by atoms with Crippen molar-refractivity contribution in [1.29, 1.82) is 0 Å². The van der Waals surface area contributed by atoms with Crippen LogP contribution in [0.3, 0.4) is 0 Å². The first-order valence-electron chi connectivity index (χ1n) is 8.87. The third-order valence-corrected chi connectivity index (χ3v) is 5.56. The van der Waals surface area contributed by atoms with E-state index in [9.17, 15) is 9.90 Å². The van der Waals surface area contributed by atoms with Crippen LogP contribution < -0.4 is 0 Å². The summed E-state index contributed by atoms with van der Waals surface area (Å²) in [6, 6.07) is 12.5. The number of aliphatic hydroxyl groups is 1. The Labute approximate surface area is 147 Å². The predicted molar refractivity (Wildman–Crippen MR) is 96.0 cm³/mol. The van der Waals surface area contributed by atoms with Gasteiger partial charge in [-0.05, 0) is 29.3 Å². The van der Waals surface area contributed by atoms with Crippen molar-refractivity contribution in [3.8, 4) is 11.1 Å². The number of carbonyl (C=O) groups excluding carboxylic acids is 1. The summed E-state index contributed by atoms with van der Waals surface area (Å²) in [7, 11) is 0. The van der Waals surface area contributed by atoms with E-state index in [0.717, 1.165) is 24.2 Å². The Morgan fingerprint density at radius 2 is 2.00 bits per heavy atom. The molecule has 2 aliphatic heterocycles. The maximum Gasteiger partial charge on any atom is 0.237 e. The van der Waals surface area contributed by atoms with Crippen molar-refractivity contribution < 1.29 is 9.90 Å². The van der Waals surface area contributed by atoms with Crippen LogP contribution in [0, 0.1) is 0 Å². The summed E-state index contributed by atoms with van der Waals surface area (Å²) >= 11 is 0. The molecular weight excluding hydrogens is 314 g/mol. The molecule has 0 aliphatic carbocycles. The Kier molecular flexibility index (Phi) is 4.27. The Morgan fingerprint density at radius 1 is 1.20 bits per heavy atom. The number of carbonyl (C=O) groups is 1. The zero-order valence-electron chi connectivity index (χ0n) is 14.4. The third-order valence-electron chi connectivity index (χ3n) is 5.56. The van der Waals surface area contributed by atoms with Gasteiger partial charge in [0.05, 0.1) is 25.2 Å². The van der Waals surface area contributed by atoms with E-state index in [4.69, 9.17) is 0 Å². The summed E-state index contributed by atoms with van der Waals surface area (Å²) < 4.78 is 0. The first-order chi connectivity index (χ1) is 12.2. The maximum absolute atomic E-state index is 12.4. The zero-order valence-corrected chi connectivity index (χ0v) is 14.4. The lowest BCUT2D eigenvalue weighted by molar-refractivity contribution is -0.161. The van der Waals surface area contributed by atoms with Gasteiger partial charge in [-0.3, -0.25) is 14.7 Å². The number of hydrogen-bond donors (Lipinski definition) is 1. The highest BCUT2D eigenvalue weighted by molar-refractivity contribution is 5.81. The van der Waals surface area contributed by atoms with Crippen LogP contribution in [0.1, 0.15) is 18.4 Å². The number of nitrogens with zero attached hydrogens (tertiary/aromatic N) is 3. The predicted octanol–water partition coefficient (Wildman–Crippen LogP) is 1.74. The van der Waals surface area contributed by atoms with Gasteiger partial charge in [0, 0.05) is 24.9 Å². The molecule has 0 saturated carbocycles. The van der Waals surface area contributed by atoms with Gasteiger partial charge in [0.25, 0.3) is 0 Å². The second-order valence-corrected chi connectivity index (χ2v) is 6.84. The number of fused-ring (bicyclic) bond motifs is 1. The number of aromatic nitrogens is 1. The van der Waals surface area contributed by atoms with Crippen LogP contribution in [0.2, 0.25) is 0 Å². The Morgan fingerprint density at radius 3 is 2.64 bits per heavy atom. The standard InChI is InChI=1S/C20H23N3O2/c1-2-22-11-17-20(18(13-24)23(17)19(25)12-22)15-7-5-14(6-8-15)16-4-3-9-21-10-16/h3-10,17-18,20,24H,2,11-13H2,1H3/t17-,18-,20+/m0/s1. The quantitative estimate of drug-likeness (QED) is 0.923. The summed E-state index contributed by atoms with van der Waals surface area (Å²) in [6.07, 6.45) is 3.63. The fraction of sp³-hybridized carbons (Fsp3) is 0.400. The molecule has 3 atom stereocenters. The highest BCUT2D eigenvalue weighted by atomic mass is 16.3. The van der Waals surface area contributed by atoms with Crippen molar-refractivity contribution in [1.82, 2.24) is 14.8 Å². The van der Waals surface area contributed by atoms with Gasteiger partial charge < -0.3 is 10.0 Å². The molecule has 2 aliphatic rings. The van der Waals surface area contributed by atoms with Gasteiger partial charge in [-0.1, -0.05) is 37.3 Å². The summed E-state index contributed by atoms with van der Waals surface area (Å²) in [5.74, 6) is 0.339. The minimum Gasteiger partial charge on any atom is -0.394 e. The molecule has 1 amide bonds. The molecule has 3 heterocycles. The van der Waals surface area contributed by atoms with Gasteiger partial charge in [0.1, 0.15) is 0 Å². The van der Waals surface area contributed by atoms with E-state index in [-0.39, 0.29) is 30.5 Å². The monoisotopic (exact) mass is 337 g/mol. The molecule has 4 rings (SSSR count). The fourth-order valence-electron chi connectivity index (χ4n) is 4.24. The van der Waals surface area contributed by atoms with Gasteiger partial charge in [0.15, 0.2) is 0 Å². The summed E-state index contributed by atoms with van der Waals surface area (Å²) in [6.45, 7) is 4.34. The fourth-order valence-corrected chi connectivity index (χ4v) is 4.24. The van der Waals surface area contributed by atoms with Crippen LogP contribution >= 0.6 is 0 Å². The molecule has 5 heteroatoms. The van der Waals surface area contributed by atoms with Crippen molar-refractivity contribution in [2.45, 2.75) is 24.9 Å². The highest BCUT2D eigenvalue weighted by Crippen LogP contribution is 2.43. The normalized spacial score (nSPS) is 26.2. The van der Waals surface area contributed by atoms with E-state index < -0.39 is 0 Å². The lowest BCUT2D eigenvalue weighted by Crippen LogP contribution is -2.72. The topological polar surface area (TPSA) is 56.7 Å². The first kappa shape index (κ1) is 16.2. The number of piperazine rings is 1. The number of benzene rings is 1. The molecule has 130 valence electrons. The van der Waals surface area contributed by atoms with E-state index in [1.54, 1.807) is 6.20 Å². The minimum atomic E-state index is -0.0965. The molecule has 0 unspecified atom stereocenters. The molecule has 0 bridgehead atoms. The SMILES string of the molecule is CCN1CC(=O)N2[C@@H](CO)[C@H](c3ccc(-c4cccnc4)cc3)[C@@H]2C1. The lowest BCUT2D eigenvalue weighted by atomic mass is 9.73. The molecule has 2 fully saturated rings. The minimum absolute atomic E-state index is 0.0173. The van der Waals surface area contributed by atoms with Crippen molar-refractivity contribution in [3.63, 3.8) is 0 Å². The second kappa shape index (κ2) is 6.58. The van der Waals surface area contributed by atoms with Gasteiger partial charge in [-0.15, -0.1) is 0 Å². The van der Waals surface area contributed by atoms with Crippen molar-refractivity contribution in [3.05, 3.63) is 54.4 Å². The van der Waals surface area contributed by atoms with Crippen LogP contribution in [0.25, 0.3) is 11.1 Å². The number of pyridine rings is 1. The smallest absolute Gasteiger partial charge is 0.237 e. The molecule has 0 spiro atoms. The van der Waals surface area contributed by atoms with Gasteiger partial charge in [0.2, 0.25) is 5.91 Å². The highest BCUT2D eigenvalue weighted by Gasteiger charge is 2.53. The number of aliphatic hydroxyl groups excluding tert-OH is 1. The number of rotatable bonds is 4. The number of amides is 1. The average molecular weight is 337 g/mol. The molecule has 25 heavy (non-hydrogen) atoms. The third kappa shape index (κ3) is 2.73. The molecule has 1 aromatic carbocycles. The van der Waals surface area contributed by atoms with E-state index in [1.165, 1.54) is 5.56 Å². The van der Waals surface area contributed by atoms with Crippen LogP contribution in [-0.4, -0.2) is 64.1 Å². The Balaban J connectivity index is 1.59. The van der Waals surface area contributed by atoms with Crippen LogP contribution in [0.5, 0.6) is 0 Å². The molecule has 1 aromatic heterocycles. The number of hydrogen-bond acceptors (Lipinski definition) is 4. The summed E-state index contributed by atoms with van der Waals surface area (Å²) in [5.41, 5.74) is 3.41. The second-order valence-electron chi connectivity index (χ2n) is 6.84. The Hall–Kier alpha value is -2.24. The molecule has 1 N–H and O–H groups in total. The zero-order chi connectivity index (χ0) is 17.4. The van der Waals surface area contributed by atoms with Crippen LogP contribution in [0.15, 0.2) is 48.8 Å². The van der Waals surface area contributed by atoms with E-state index in [1.807, 2.05) is 23.2 Å². The van der Waals surface area contributed by atoms with E-state index >= 15 is 0 Å². The average Bonchev–Trinajstić information content (AvgIpc) is 2.64. The molecule has 2 aromatic rings. The number of likely N-dealkylation sites (N-methyl/N-ethyl adjacent to an activating group) is 1. The van der Waals surface area contributed by atoms with Gasteiger partial charge in [-0.25, -0.2) is 0 Å². The van der Waals surface area contributed by atoms with Crippen molar-refractivity contribution in [2.75, 3.05) is 26.2 Å². The Bertz CT molecular complexity index is 747. The van der Waals surface area contributed by atoms with E-state index in [0.29, 0.717) is 6.54 Å². The van der Waals surface area contributed by atoms with Gasteiger partial charge in [-0.2, -0.15) is 0 Å². The molecule has 0 radical (unpaired) electrons. The maximum atomic E-state index is 12.4. The first-order valence-corrected chi connectivity index (χ1v) is 8.87. The van der Waals surface area contributed by atoms with Gasteiger partial charge >= 0.3 is 0 Å². The van der Waals surface area contributed by atoms with E-state index in [2.05, 4.69) is 41.1 Å². The largest absolute Gasteiger partial charge is 0.394 e. The van der Waals surface area contributed by atoms with Crippen LogP contribution in [-0.2, 0) is 4.79 Å². The summed E-state index contributed by atoms with van der Waals surface area (Å²) in [4.78, 5) is 20.6. The molecule has 5 nitrogen and oxygen atoms in total. The molecular formula is C20H23N3O2.